The molecule has 30 heavy (non-hydrogen) atoms. The molecule has 0 aromatic heterocycles. The summed E-state index contributed by atoms with van der Waals surface area (Å²) in [5, 5.41) is 10.3. The van der Waals surface area contributed by atoms with Crippen molar-refractivity contribution in [2.45, 2.75) is 50.9 Å². The fourth-order valence-electron chi connectivity index (χ4n) is 3.91. The summed E-state index contributed by atoms with van der Waals surface area (Å²) in [6, 6.07) is 6.86. The summed E-state index contributed by atoms with van der Waals surface area (Å²) in [5.74, 6) is 0.0798. The molecule has 1 aliphatic carbocycles. The van der Waals surface area contributed by atoms with Crippen LogP contribution in [-0.2, 0) is 9.53 Å². The third kappa shape index (κ3) is 4.56. The van der Waals surface area contributed by atoms with E-state index >= 15 is 0 Å². The third-order valence-electron chi connectivity index (χ3n) is 5.75. The minimum atomic E-state index is -1.53. The van der Waals surface area contributed by atoms with E-state index in [-0.39, 0.29) is 5.78 Å². The molecule has 0 spiro atoms. The lowest BCUT2D eigenvalue weighted by Crippen LogP contribution is -2.54. The summed E-state index contributed by atoms with van der Waals surface area (Å²) in [7, 11) is 0. The van der Waals surface area contributed by atoms with Crippen molar-refractivity contribution >= 4 is 11.6 Å². The van der Waals surface area contributed by atoms with Gasteiger partial charge >= 0.3 is 0 Å². The smallest absolute Gasteiger partial charge is 0.211 e. The maximum atomic E-state index is 13.1. The maximum absolute atomic E-state index is 13.1. The van der Waals surface area contributed by atoms with E-state index in [0.717, 1.165) is 13.1 Å². The number of ether oxygens (including phenoxy) is 2. The summed E-state index contributed by atoms with van der Waals surface area (Å²) in [6.45, 7) is 9.49. The average molecular weight is 414 g/mol. The second kappa shape index (κ2) is 8.46. The van der Waals surface area contributed by atoms with Crippen LogP contribution in [-0.4, -0.2) is 64.6 Å². The molecule has 1 N–H and O–H groups in total. The Morgan fingerprint density at radius 1 is 1.07 bits per heavy atom. The first-order valence-corrected chi connectivity index (χ1v) is 10.3. The van der Waals surface area contributed by atoms with Crippen molar-refractivity contribution in [3.63, 3.8) is 0 Å². The lowest BCUT2D eigenvalue weighted by molar-refractivity contribution is -0.146. The monoisotopic (exact) mass is 413 g/mol. The van der Waals surface area contributed by atoms with E-state index in [1.54, 1.807) is 36.4 Å². The van der Waals surface area contributed by atoms with Crippen LogP contribution < -0.4 is 4.74 Å². The van der Waals surface area contributed by atoms with Gasteiger partial charge in [-0.25, -0.2) is 0 Å². The zero-order chi connectivity index (χ0) is 22.0. The summed E-state index contributed by atoms with van der Waals surface area (Å²) < 4.78 is 11.5. The molecular weight excluding hydrogens is 382 g/mol. The summed E-state index contributed by atoms with van der Waals surface area (Å²) in [5.41, 5.74) is -2.86. The van der Waals surface area contributed by atoms with Crippen molar-refractivity contribution in [2.75, 3.05) is 26.3 Å². The predicted molar refractivity (Wildman–Crippen MR) is 115 cm³/mol. The van der Waals surface area contributed by atoms with Gasteiger partial charge in [-0.05, 0) is 58.0 Å². The van der Waals surface area contributed by atoms with Gasteiger partial charge in [-0.3, -0.25) is 14.5 Å². The molecule has 1 heterocycles. The molecule has 2 aliphatic rings. The number of morpholine rings is 1. The molecule has 1 aliphatic heterocycles. The van der Waals surface area contributed by atoms with Crippen LogP contribution >= 0.6 is 0 Å². The zero-order valence-electron chi connectivity index (χ0n) is 18.2. The number of hydrogen-bond acceptors (Lipinski definition) is 6. The number of ketones is 2. The topological polar surface area (TPSA) is 76.1 Å². The second-order valence-electron chi connectivity index (χ2n) is 8.88. The van der Waals surface area contributed by atoms with Crippen LogP contribution in [0.2, 0.25) is 0 Å². The van der Waals surface area contributed by atoms with Crippen LogP contribution in [0.4, 0.5) is 0 Å². The maximum Gasteiger partial charge on any atom is 0.211 e. The molecule has 6 heteroatoms. The molecule has 0 amide bonds. The Labute approximate surface area is 178 Å². The third-order valence-corrected chi connectivity index (χ3v) is 5.75. The Bertz CT molecular complexity index is 841. The van der Waals surface area contributed by atoms with Gasteiger partial charge in [0.15, 0.2) is 11.4 Å². The highest BCUT2D eigenvalue weighted by Crippen LogP contribution is 2.31. The first-order chi connectivity index (χ1) is 14.1. The van der Waals surface area contributed by atoms with Crippen molar-refractivity contribution in [2.24, 2.45) is 0 Å². The molecule has 1 aromatic carbocycles. The molecule has 1 aromatic rings. The molecule has 1 unspecified atom stereocenters. The average Bonchev–Trinajstić information content (AvgIpc) is 2.74. The second-order valence-corrected chi connectivity index (χ2v) is 8.88. The first kappa shape index (κ1) is 22.4. The standard InChI is InChI=1S/C24H31NO5/c1-22(2,25-14-16-29-17-15-25)20(26)18-8-10-19(11-9-18)30-24(12-6-5-7-13-24)21(27)23(3,4)28/h5-12,28H,13-17H2,1-4H3. The number of Topliss-reactive ketones (excluding diaryl/α,β-unsaturated/α-hetero) is 2. The highest BCUT2D eigenvalue weighted by Gasteiger charge is 2.45. The molecule has 3 rings (SSSR count). The fraction of sp³-hybridized carbons (Fsp3) is 0.500. The Morgan fingerprint density at radius 2 is 1.70 bits per heavy atom. The van der Waals surface area contributed by atoms with Crippen LogP contribution in [0.15, 0.2) is 48.6 Å². The van der Waals surface area contributed by atoms with Crippen molar-refractivity contribution in [1.82, 2.24) is 4.90 Å². The molecule has 0 saturated carbocycles. The molecule has 1 saturated heterocycles. The summed E-state index contributed by atoms with van der Waals surface area (Å²) >= 11 is 0. The Hall–Kier alpha value is -2.28. The zero-order valence-corrected chi connectivity index (χ0v) is 18.2. The van der Waals surface area contributed by atoms with Crippen molar-refractivity contribution in [3.05, 3.63) is 54.1 Å². The molecule has 162 valence electrons. The van der Waals surface area contributed by atoms with Gasteiger partial charge in [0.25, 0.3) is 0 Å². The summed E-state index contributed by atoms with van der Waals surface area (Å²) in [6.07, 6.45) is 7.43. The van der Waals surface area contributed by atoms with Gasteiger partial charge in [-0.2, -0.15) is 0 Å². The molecular formula is C24H31NO5. The number of carbonyl (C=O) groups is 2. The van der Waals surface area contributed by atoms with E-state index in [0.29, 0.717) is 30.9 Å². The predicted octanol–water partition coefficient (Wildman–Crippen LogP) is 2.95. The van der Waals surface area contributed by atoms with Crippen LogP contribution in [0.25, 0.3) is 0 Å². The van der Waals surface area contributed by atoms with E-state index < -0.39 is 22.5 Å². The number of benzene rings is 1. The molecule has 6 nitrogen and oxygen atoms in total. The molecule has 1 fully saturated rings. The van der Waals surface area contributed by atoms with Crippen LogP contribution in [0.5, 0.6) is 5.75 Å². The Morgan fingerprint density at radius 3 is 2.23 bits per heavy atom. The fourth-order valence-corrected chi connectivity index (χ4v) is 3.91. The van der Waals surface area contributed by atoms with E-state index in [2.05, 4.69) is 4.90 Å². The van der Waals surface area contributed by atoms with Crippen molar-refractivity contribution in [1.29, 1.82) is 0 Å². The van der Waals surface area contributed by atoms with Gasteiger partial charge in [0.05, 0.1) is 18.8 Å². The number of hydrogen-bond donors (Lipinski definition) is 1. The SMILES string of the molecule is CC(C)(O)C(=O)C1(Oc2ccc(C(=O)C(C)(C)N3CCOCC3)cc2)C=CC=CC1. The Kier molecular flexibility index (Phi) is 6.32. The molecule has 0 bridgehead atoms. The van der Waals surface area contributed by atoms with Gasteiger partial charge in [0, 0.05) is 25.1 Å². The van der Waals surface area contributed by atoms with Crippen LogP contribution in [0.1, 0.15) is 44.5 Å². The normalized spacial score (nSPS) is 22.7. The van der Waals surface area contributed by atoms with Gasteiger partial charge in [-0.15, -0.1) is 0 Å². The molecule has 1 atom stereocenters. The van der Waals surface area contributed by atoms with Gasteiger partial charge < -0.3 is 14.6 Å². The Balaban J connectivity index is 1.79. The van der Waals surface area contributed by atoms with E-state index in [4.69, 9.17) is 9.47 Å². The number of nitrogens with zero attached hydrogens (tertiary/aromatic N) is 1. The van der Waals surface area contributed by atoms with Crippen molar-refractivity contribution < 1.29 is 24.2 Å². The lowest BCUT2D eigenvalue weighted by Gasteiger charge is -2.39. The van der Waals surface area contributed by atoms with Crippen LogP contribution in [0, 0.1) is 0 Å². The number of aliphatic hydroxyl groups is 1. The minimum absolute atomic E-state index is 0.0266. The first-order valence-electron chi connectivity index (χ1n) is 10.3. The van der Waals surface area contributed by atoms with E-state index in [1.807, 2.05) is 26.0 Å². The van der Waals surface area contributed by atoms with E-state index in [9.17, 15) is 14.7 Å². The van der Waals surface area contributed by atoms with E-state index in [1.165, 1.54) is 13.8 Å². The summed E-state index contributed by atoms with van der Waals surface area (Å²) in [4.78, 5) is 28.2. The quantitative estimate of drug-likeness (QED) is 0.693. The van der Waals surface area contributed by atoms with Gasteiger partial charge in [0.1, 0.15) is 11.4 Å². The highest BCUT2D eigenvalue weighted by molar-refractivity contribution is 6.02. The van der Waals surface area contributed by atoms with Crippen LogP contribution in [0.3, 0.4) is 0 Å². The lowest BCUT2D eigenvalue weighted by atomic mass is 9.82. The number of allylic oxidation sites excluding steroid dienone is 2. The minimum Gasteiger partial charge on any atom is -0.475 e. The highest BCUT2D eigenvalue weighted by atomic mass is 16.5. The van der Waals surface area contributed by atoms with Crippen molar-refractivity contribution in [3.8, 4) is 5.75 Å². The van der Waals surface area contributed by atoms with Gasteiger partial charge in [0.2, 0.25) is 5.78 Å². The number of carbonyl (C=O) groups excluding carboxylic acids is 2. The number of rotatable bonds is 7. The largest absolute Gasteiger partial charge is 0.475 e. The van der Waals surface area contributed by atoms with Gasteiger partial charge in [-0.1, -0.05) is 18.2 Å². The molecule has 0 radical (unpaired) electrons.